The van der Waals surface area contributed by atoms with Gasteiger partial charge in [-0.2, -0.15) is 5.11 Å². The number of aryl methyl sites for hydroxylation is 3. The SMILES string of the molecule is Cc1ccc(Sc2cc(C)c(N=N)cc2C)cc1. The van der Waals surface area contributed by atoms with Crippen LogP contribution in [-0.2, 0) is 0 Å². The normalized spacial score (nSPS) is 10.4. The molecule has 2 aromatic carbocycles. The minimum absolute atomic E-state index is 0.751. The van der Waals surface area contributed by atoms with Gasteiger partial charge in [0.25, 0.3) is 0 Å². The van der Waals surface area contributed by atoms with Crippen molar-refractivity contribution in [1.82, 2.24) is 0 Å². The molecule has 0 aliphatic rings. The summed E-state index contributed by atoms with van der Waals surface area (Å²) in [4.78, 5) is 2.46. The molecule has 0 saturated carbocycles. The zero-order chi connectivity index (χ0) is 13.1. The number of benzene rings is 2. The van der Waals surface area contributed by atoms with Crippen molar-refractivity contribution in [2.24, 2.45) is 5.11 Å². The van der Waals surface area contributed by atoms with Crippen LogP contribution < -0.4 is 0 Å². The van der Waals surface area contributed by atoms with Crippen LogP contribution in [0.4, 0.5) is 5.69 Å². The second kappa shape index (κ2) is 5.36. The Labute approximate surface area is 112 Å². The predicted octanol–water partition coefficient (Wildman–Crippen LogP) is 5.43. The summed E-state index contributed by atoms with van der Waals surface area (Å²) in [6.07, 6.45) is 0. The highest BCUT2D eigenvalue weighted by molar-refractivity contribution is 7.99. The molecule has 0 unspecified atom stereocenters. The lowest BCUT2D eigenvalue weighted by Gasteiger charge is -2.09. The van der Waals surface area contributed by atoms with Gasteiger partial charge < -0.3 is 0 Å². The molecule has 0 aromatic heterocycles. The Hall–Kier alpha value is -1.61. The fourth-order valence-corrected chi connectivity index (χ4v) is 2.72. The molecule has 18 heavy (non-hydrogen) atoms. The average Bonchev–Trinajstić information content (AvgIpc) is 2.36. The average molecular weight is 256 g/mol. The van der Waals surface area contributed by atoms with Crippen LogP contribution in [0.3, 0.4) is 0 Å². The molecule has 0 bridgehead atoms. The number of nitrogens with zero attached hydrogens (tertiary/aromatic N) is 1. The third-order valence-electron chi connectivity index (χ3n) is 2.86. The van der Waals surface area contributed by atoms with Crippen molar-refractivity contribution in [3.63, 3.8) is 0 Å². The number of hydrogen-bond donors (Lipinski definition) is 1. The number of nitrogens with one attached hydrogen (secondary N) is 1. The molecular weight excluding hydrogens is 240 g/mol. The molecule has 1 N–H and O–H groups in total. The summed E-state index contributed by atoms with van der Waals surface area (Å²) in [7, 11) is 0. The molecule has 2 aromatic rings. The monoisotopic (exact) mass is 256 g/mol. The van der Waals surface area contributed by atoms with E-state index in [0.29, 0.717) is 0 Å². The minimum Gasteiger partial charge on any atom is -0.204 e. The topological polar surface area (TPSA) is 36.2 Å². The van der Waals surface area contributed by atoms with Crippen molar-refractivity contribution in [3.05, 3.63) is 53.1 Å². The van der Waals surface area contributed by atoms with Gasteiger partial charge in [0.15, 0.2) is 0 Å². The molecule has 0 spiro atoms. The van der Waals surface area contributed by atoms with Crippen LogP contribution in [0.5, 0.6) is 0 Å². The van der Waals surface area contributed by atoms with Crippen molar-refractivity contribution in [2.75, 3.05) is 0 Å². The minimum atomic E-state index is 0.751. The fourth-order valence-electron chi connectivity index (χ4n) is 1.74. The van der Waals surface area contributed by atoms with Crippen molar-refractivity contribution < 1.29 is 0 Å². The molecule has 2 rings (SSSR count). The third kappa shape index (κ3) is 2.79. The molecule has 92 valence electrons. The zero-order valence-corrected chi connectivity index (χ0v) is 11.6. The summed E-state index contributed by atoms with van der Waals surface area (Å²) in [6, 6.07) is 12.6. The van der Waals surface area contributed by atoms with E-state index in [4.69, 9.17) is 5.53 Å². The van der Waals surface area contributed by atoms with E-state index in [2.05, 4.69) is 49.3 Å². The smallest absolute Gasteiger partial charge is 0.0882 e. The molecule has 0 fully saturated rings. The Bertz CT molecular complexity index is 574. The van der Waals surface area contributed by atoms with Crippen LogP contribution in [0.25, 0.3) is 0 Å². The van der Waals surface area contributed by atoms with Crippen LogP contribution in [0.1, 0.15) is 16.7 Å². The number of hydrogen-bond acceptors (Lipinski definition) is 3. The standard InChI is InChI=1S/C15H16N2S/c1-10-4-6-13(7-5-10)18-15-9-11(2)14(17-16)8-12(15)3/h4-9,16H,1-3H3. The second-order valence-electron chi connectivity index (χ2n) is 4.43. The molecule has 0 aliphatic carbocycles. The Balaban J connectivity index is 2.32. The largest absolute Gasteiger partial charge is 0.204 e. The predicted molar refractivity (Wildman–Crippen MR) is 76.0 cm³/mol. The third-order valence-corrected chi connectivity index (χ3v) is 4.03. The lowest BCUT2D eigenvalue weighted by molar-refractivity contribution is 1.11. The molecule has 0 amide bonds. The van der Waals surface area contributed by atoms with E-state index in [9.17, 15) is 0 Å². The van der Waals surface area contributed by atoms with Gasteiger partial charge in [-0.15, -0.1) is 0 Å². The van der Waals surface area contributed by atoms with Gasteiger partial charge in [0.05, 0.1) is 5.69 Å². The maximum absolute atomic E-state index is 7.11. The summed E-state index contributed by atoms with van der Waals surface area (Å²) in [5.41, 5.74) is 11.3. The molecule has 2 nitrogen and oxygen atoms in total. The van der Waals surface area contributed by atoms with E-state index in [1.807, 2.05) is 13.0 Å². The van der Waals surface area contributed by atoms with Gasteiger partial charge in [-0.05, 0) is 56.2 Å². The highest BCUT2D eigenvalue weighted by Gasteiger charge is 2.05. The van der Waals surface area contributed by atoms with Gasteiger partial charge in [-0.3, -0.25) is 0 Å². The van der Waals surface area contributed by atoms with E-state index in [-0.39, 0.29) is 0 Å². The molecule has 0 atom stereocenters. The summed E-state index contributed by atoms with van der Waals surface area (Å²) >= 11 is 1.75. The zero-order valence-electron chi connectivity index (χ0n) is 10.8. The van der Waals surface area contributed by atoms with Crippen LogP contribution >= 0.6 is 11.8 Å². The first-order valence-electron chi connectivity index (χ1n) is 5.83. The number of rotatable bonds is 3. The summed E-state index contributed by atoms with van der Waals surface area (Å²) in [6.45, 7) is 6.14. The summed E-state index contributed by atoms with van der Waals surface area (Å²) < 4.78 is 0. The van der Waals surface area contributed by atoms with Crippen molar-refractivity contribution >= 4 is 17.4 Å². The molecule has 0 saturated heterocycles. The van der Waals surface area contributed by atoms with Crippen LogP contribution in [0, 0.1) is 26.3 Å². The van der Waals surface area contributed by atoms with Crippen LogP contribution in [0.15, 0.2) is 51.3 Å². The quantitative estimate of drug-likeness (QED) is 0.731. The highest BCUT2D eigenvalue weighted by Crippen LogP contribution is 2.34. The lowest BCUT2D eigenvalue weighted by Crippen LogP contribution is -1.83. The van der Waals surface area contributed by atoms with Gasteiger partial charge in [0.2, 0.25) is 0 Å². The first kappa shape index (κ1) is 12.8. The van der Waals surface area contributed by atoms with E-state index in [1.165, 1.54) is 15.4 Å². The van der Waals surface area contributed by atoms with E-state index >= 15 is 0 Å². The van der Waals surface area contributed by atoms with Crippen LogP contribution in [-0.4, -0.2) is 0 Å². The molecular formula is C15H16N2S. The highest BCUT2D eigenvalue weighted by atomic mass is 32.2. The molecule has 0 heterocycles. The first-order chi connectivity index (χ1) is 8.60. The van der Waals surface area contributed by atoms with Crippen molar-refractivity contribution in [1.29, 1.82) is 5.53 Å². The maximum atomic E-state index is 7.11. The van der Waals surface area contributed by atoms with Gasteiger partial charge in [-0.25, -0.2) is 5.53 Å². The Kier molecular flexibility index (Phi) is 3.82. The van der Waals surface area contributed by atoms with Crippen molar-refractivity contribution in [3.8, 4) is 0 Å². The van der Waals surface area contributed by atoms with Gasteiger partial charge in [0.1, 0.15) is 0 Å². The van der Waals surface area contributed by atoms with Crippen LogP contribution in [0.2, 0.25) is 0 Å². The van der Waals surface area contributed by atoms with Gasteiger partial charge >= 0.3 is 0 Å². The second-order valence-corrected chi connectivity index (χ2v) is 5.55. The summed E-state index contributed by atoms with van der Waals surface area (Å²) in [5, 5.41) is 3.53. The van der Waals surface area contributed by atoms with E-state index in [1.54, 1.807) is 11.8 Å². The van der Waals surface area contributed by atoms with Gasteiger partial charge in [0, 0.05) is 9.79 Å². The molecule has 0 aliphatic heterocycles. The summed E-state index contributed by atoms with van der Waals surface area (Å²) in [5.74, 6) is 0. The molecule has 3 heteroatoms. The maximum Gasteiger partial charge on any atom is 0.0882 e. The van der Waals surface area contributed by atoms with E-state index < -0.39 is 0 Å². The van der Waals surface area contributed by atoms with E-state index in [0.717, 1.165) is 16.8 Å². The first-order valence-corrected chi connectivity index (χ1v) is 6.65. The lowest BCUT2D eigenvalue weighted by atomic mass is 10.1. The Morgan fingerprint density at radius 2 is 1.61 bits per heavy atom. The fraction of sp³-hybridized carbons (Fsp3) is 0.200. The Morgan fingerprint density at radius 1 is 0.944 bits per heavy atom. The van der Waals surface area contributed by atoms with Crippen molar-refractivity contribution in [2.45, 2.75) is 30.6 Å². The molecule has 0 radical (unpaired) electrons. The van der Waals surface area contributed by atoms with Gasteiger partial charge in [-0.1, -0.05) is 29.5 Å². The Morgan fingerprint density at radius 3 is 2.22 bits per heavy atom.